The van der Waals surface area contributed by atoms with Gasteiger partial charge < -0.3 is 14.5 Å². The smallest absolute Gasteiger partial charge is 0.266 e. The molecular weight excluding hydrogens is 404 g/mol. The second kappa shape index (κ2) is 9.16. The van der Waals surface area contributed by atoms with E-state index in [2.05, 4.69) is 0 Å². The maximum absolute atomic E-state index is 12.8. The average molecular weight is 433 g/mol. The van der Waals surface area contributed by atoms with Crippen molar-refractivity contribution in [2.75, 3.05) is 39.3 Å². The third-order valence-corrected chi connectivity index (χ3v) is 7.21. The largest absolute Gasteiger partial charge is 0.373 e. The van der Waals surface area contributed by atoms with Gasteiger partial charge in [0.25, 0.3) is 5.91 Å². The van der Waals surface area contributed by atoms with Crippen molar-refractivity contribution in [1.82, 2.24) is 14.1 Å². The molecule has 1 amide bonds. The first kappa shape index (κ1) is 22.3. The Morgan fingerprint density at radius 2 is 1.67 bits per heavy atom. The molecule has 2 aliphatic rings. The number of morpholine rings is 1. The van der Waals surface area contributed by atoms with Gasteiger partial charge in [0.2, 0.25) is 10.0 Å². The fourth-order valence-corrected chi connectivity index (χ4v) is 5.18. The van der Waals surface area contributed by atoms with Crippen molar-refractivity contribution in [2.45, 2.75) is 37.9 Å². The zero-order valence-electron chi connectivity index (χ0n) is 17.6. The van der Waals surface area contributed by atoms with Crippen molar-refractivity contribution in [1.29, 1.82) is 5.26 Å². The first-order valence-electron chi connectivity index (χ1n) is 10.1. The molecule has 162 valence electrons. The third kappa shape index (κ3) is 5.01. The highest BCUT2D eigenvalue weighted by molar-refractivity contribution is 7.89. The van der Waals surface area contributed by atoms with Crippen LogP contribution in [0.25, 0.3) is 0 Å². The Labute approximate surface area is 178 Å². The van der Waals surface area contributed by atoms with Gasteiger partial charge in [-0.2, -0.15) is 9.57 Å². The number of ether oxygens (including phenoxy) is 1. The molecule has 0 N–H and O–H groups in total. The standard InChI is InChI=1S/C21H28N4O4S/c1-16-4-6-20(7-5-16)30(27,28)25-10-8-23(9-11-25)15-19(12-22)21(26)24-13-17(2)29-18(3)14-24/h4-7,15,17-18H,8-11,13-14H2,1-3H3/b19-15-. The maximum Gasteiger partial charge on any atom is 0.266 e. The van der Waals surface area contributed by atoms with Gasteiger partial charge in [-0.3, -0.25) is 4.79 Å². The Morgan fingerprint density at radius 3 is 2.20 bits per heavy atom. The number of benzene rings is 1. The van der Waals surface area contributed by atoms with Gasteiger partial charge in [-0.25, -0.2) is 8.42 Å². The molecule has 0 saturated carbocycles. The summed E-state index contributed by atoms with van der Waals surface area (Å²) in [5.74, 6) is -0.311. The third-order valence-electron chi connectivity index (χ3n) is 5.30. The minimum absolute atomic E-state index is 0.0612. The number of rotatable bonds is 4. The van der Waals surface area contributed by atoms with E-state index in [1.807, 2.05) is 31.7 Å². The van der Waals surface area contributed by atoms with Crippen LogP contribution in [0, 0.1) is 18.3 Å². The molecule has 0 aromatic heterocycles. The fraction of sp³-hybridized carbons (Fsp3) is 0.524. The molecule has 2 unspecified atom stereocenters. The number of sulfonamides is 1. The molecule has 0 radical (unpaired) electrons. The first-order chi connectivity index (χ1) is 14.2. The van der Waals surface area contributed by atoms with Gasteiger partial charge in [0.15, 0.2) is 0 Å². The SMILES string of the molecule is Cc1ccc(S(=O)(=O)N2CCN(/C=C(/C#N)C(=O)N3CC(C)OC(C)C3)CC2)cc1. The van der Waals surface area contributed by atoms with Crippen LogP contribution in [0.1, 0.15) is 19.4 Å². The average Bonchev–Trinajstić information content (AvgIpc) is 2.71. The van der Waals surface area contributed by atoms with Crippen LogP contribution < -0.4 is 0 Å². The summed E-state index contributed by atoms with van der Waals surface area (Å²) < 4.78 is 32.7. The minimum Gasteiger partial charge on any atom is -0.373 e. The molecule has 9 heteroatoms. The van der Waals surface area contributed by atoms with Crippen molar-refractivity contribution in [3.8, 4) is 6.07 Å². The highest BCUT2D eigenvalue weighted by Gasteiger charge is 2.30. The summed E-state index contributed by atoms with van der Waals surface area (Å²) in [4.78, 5) is 16.5. The zero-order chi connectivity index (χ0) is 21.9. The van der Waals surface area contributed by atoms with Gasteiger partial charge in [-0.1, -0.05) is 17.7 Å². The number of piperazine rings is 1. The topological polar surface area (TPSA) is 93.9 Å². The lowest BCUT2D eigenvalue weighted by Crippen LogP contribution is -2.49. The number of nitrogens with zero attached hydrogens (tertiary/aromatic N) is 4. The Balaban J connectivity index is 1.65. The highest BCUT2D eigenvalue weighted by atomic mass is 32.2. The minimum atomic E-state index is -3.55. The van der Waals surface area contributed by atoms with Crippen molar-refractivity contribution >= 4 is 15.9 Å². The monoisotopic (exact) mass is 432 g/mol. The van der Waals surface area contributed by atoms with Gasteiger partial charge in [-0.15, -0.1) is 0 Å². The maximum atomic E-state index is 12.8. The lowest BCUT2D eigenvalue weighted by Gasteiger charge is -2.36. The summed E-state index contributed by atoms with van der Waals surface area (Å²) >= 11 is 0. The van der Waals surface area contributed by atoms with Gasteiger partial charge in [0, 0.05) is 45.5 Å². The van der Waals surface area contributed by atoms with Gasteiger partial charge in [0.1, 0.15) is 11.6 Å². The van der Waals surface area contributed by atoms with Gasteiger partial charge in [-0.05, 0) is 32.9 Å². The van der Waals surface area contributed by atoms with E-state index in [1.165, 1.54) is 4.31 Å². The van der Waals surface area contributed by atoms with E-state index in [9.17, 15) is 18.5 Å². The molecule has 3 rings (SSSR count). The second-order valence-electron chi connectivity index (χ2n) is 7.88. The molecule has 0 bridgehead atoms. The van der Waals surface area contributed by atoms with Crippen molar-refractivity contribution < 1.29 is 17.9 Å². The van der Waals surface area contributed by atoms with Crippen LogP contribution in [0.3, 0.4) is 0 Å². The summed E-state index contributed by atoms with van der Waals surface area (Å²) in [6, 6.07) is 8.81. The van der Waals surface area contributed by atoms with E-state index in [0.717, 1.165) is 5.56 Å². The van der Waals surface area contributed by atoms with Crippen molar-refractivity contribution in [3.63, 3.8) is 0 Å². The molecule has 8 nitrogen and oxygen atoms in total. The lowest BCUT2D eigenvalue weighted by molar-refractivity contribution is -0.138. The quantitative estimate of drug-likeness (QED) is 0.527. The molecule has 2 fully saturated rings. The second-order valence-corrected chi connectivity index (χ2v) is 9.81. The predicted molar refractivity (Wildman–Crippen MR) is 112 cm³/mol. The Bertz CT molecular complexity index is 934. The summed E-state index contributed by atoms with van der Waals surface area (Å²) in [6.45, 7) is 8.04. The summed E-state index contributed by atoms with van der Waals surface area (Å²) in [6.07, 6.45) is 1.41. The lowest BCUT2D eigenvalue weighted by atomic mass is 10.2. The van der Waals surface area contributed by atoms with Gasteiger partial charge in [0.05, 0.1) is 17.1 Å². The molecule has 1 aromatic rings. The van der Waals surface area contributed by atoms with Crippen LogP contribution >= 0.6 is 0 Å². The van der Waals surface area contributed by atoms with Crippen LogP contribution in [0.2, 0.25) is 0 Å². The molecule has 2 heterocycles. The van der Waals surface area contributed by atoms with E-state index in [4.69, 9.17) is 4.74 Å². The van der Waals surface area contributed by atoms with E-state index >= 15 is 0 Å². The molecule has 30 heavy (non-hydrogen) atoms. The van der Waals surface area contributed by atoms with Crippen LogP contribution in [-0.4, -0.2) is 79.9 Å². The normalized spacial score (nSPS) is 23.9. The van der Waals surface area contributed by atoms with Crippen LogP contribution in [0.5, 0.6) is 0 Å². The van der Waals surface area contributed by atoms with Crippen LogP contribution in [0.4, 0.5) is 0 Å². The van der Waals surface area contributed by atoms with Crippen LogP contribution in [-0.2, 0) is 19.6 Å². The molecule has 2 saturated heterocycles. The Hall–Kier alpha value is -2.41. The van der Waals surface area contributed by atoms with E-state index in [0.29, 0.717) is 39.3 Å². The van der Waals surface area contributed by atoms with Crippen molar-refractivity contribution in [2.24, 2.45) is 0 Å². The number of nitriles is 1. The Morgan fingerprint density at radius 1 is 1.10 bits per heavy atom. The van der Waals surface area contributed by atoms with Crippen molar-refractivity contribution in [3.05, 3.63) is 41.6 Å². The zero-order valence-corrected chi connectivity index (χ0v) is 18.4. The molecule has 2 aliphatic heterocycles. The Kier molecular flexibility index (Phi) is 6.81. The number of aryl methyl sites for hydroxylation is 1. The fourth-order valence-electron chi connectivity index (χ4n) is 3.76. The molecule has 2 atom stereocenters. The van der Waals surface area contributed by atoms with E-state index < -0.39 is 10.0 Å². The number of hydrogen-bond acceptors (Lipinski definition) is 6. The predicted octanol–water partition coefficient (Wildman–Crippen LogP) is 1.34. The molecule has 0 aliphatic carbocycles. The highest BCUT2D eigenvalue weighted by Crippen LogP contribution is 2.19. The number of hydrogen-bond donors (Lipinski definition) is 0. The number of carbonyl (C=O) groups excluding carboxylic acids is 1. The summed E-state index contributed by atoms with van der Waals surface area (Å²) in [5.41, 5.74) is 1.06. The summed E-state index contributed by atoms with van der Waals surface area (Å²) in [5, 5.41) is 9.51. The van der Waals surface area contributed by atoms with E-state index in [1.54, 1.807) is 35.4 Å². The molecule has 1 aromatic carbocycles. The number of carbonyl (C=O) groups is 1. The first-order valence-corrected chi connectivity index (χ1v) is 11.5. The van der Waals surface area contributed by atoms with Crippen LogP contribution in [0.15, 0.2) is 40.9 Å². The molecular formula is C21H28N4O4S. The van der Waals surface area contributed by atoms with E-state index in [-0.39, 0.29) is 28.6 Å². The molecule has 0 spiro atoms. The van der Waals surface area contributed by atoms with Gasteiger partial charge >= 0.3 is 0 Å². The number of amides is 1. The summed E-state index contributed by atoms with van der Waals surface area (Å²) in [7, 11) is -3.55.